The molecule has 0 spiro atoms. The molecule has 1 aromatic rings. The summed E-state index contributed by atoms with van der Waals surface area (Å²) in [7, 11) is 0. The topological polar surface area (TPSA) is 54.5 Å². The summed E-state index contributed by atoms with van der Waals surface area (Å²) in [5, 5.41) is 3.29. The standard InChI is InChI=1S/C13H18N3O2/c1-3-18-13(17)11-8-15-9-12(10(11)2)16-6-4-14-5-7-16/h8,14H,3-7H2,1-2H3. The number of rotatable bonds is 3. The third-order valence-corrected chi connectivity index (χ3v) is 3.05. The Kier molecular flexibility index (Phi) is 4.15. The Morgan fingerprint density at radius 1 is 1.56 bits per heavy atom. The largest absolute Gasteiger partial charge is 0.462 e. The van der Waals surface area contributed by atoms with Gasteiger partial charge in [0.05, 0.1) is 17.9 Å². The number of hydrogen-bond donors (Lipinski definition) is 1. The Morgan fingerprint density at radius 2 is 2.28 bits per heavy atom. The zero-order chi connectivity index (χ0) is 13.0. The maximum atomic E-state index is 11.8. The molecule has 0 unspecified atom stereocenters. The Labute approximate surface area is 107 Å². The van der Waals surface area contributed by atoms with Crippen LogP contribution in [0.2, 0.25) is 0 Å². The molecule has 1 N–H and O–H groups in total. The molecule has 5 heteroatoms. The first-order chi connectivity index (χ1) is 8.74. The number of aromatic nitrogens is 1. The normalized spacial score (nSPS) is 15.6. The van der Waals surface area contributed by atoms with Crippen molar-refractivity contribution >= 4 is 11.7 Å². The Bertz CT molecular complexity index is 428. The highest BCUT2D eigenvalue weighted by Crippen LogP contribution is 2.22. The van der Waals surface area contributed by atoms with Crippen LogP contribution in [-0.2, 0) is 4.74 Å². The van der Waals surface area contributed by atoms with Gasteiger partial charge in [-0.05, 0) is 19.4 Å². The van der Waals surface area contributed by atoms with Crippen LogP contribution in [0.15, 0.2) is 6.20 Å². The van der Waals surface area contributed by atoms with Gasteiger partial charge in [-0.1, -0.05) is 0 Å². The molecular formula is C13H18N3O2. The van der Waals surface area contributed by atoms with Gasteiger partial charge in [-0.2, -0.15) is 0 Å². The number of anilines is 1. The van der Waals surface area contributed by atoms with E-state index >= 15 is 0 Å². The lowest BCUT2D eigenvalue weighted by atomic mass is 10.1. The van der Waals surface area contributed by atoms with Crippen molar-refractivity contribution in [2.45, 2.75) is 13.8 Å². The van der Waals surface area contributed by atoms with Gasteiger partial charge in [0.15, 0.2) is 0 Å². The SMILES string of the molecule is CCOC(=O)c1cn[c]c(N2CCNCC2)c1C. The minimum atomic E-state index is -0.312. The monoisotopic (exact) mass is 248 g/mol. The molecule has 97 valence electrons. The van der Waals surface area contributed by atoms with Gasteiger partial charge < -0.3 is 15.0 Å². The van der Waals surface area contributed by atoms with Crippen LogP contribution in [0.5, 0.6) is 0 Å². The molecule has 1 radical (unpaired) electrons. The van der Waals surface area contributed by atoms with Gasteiger partial charge in [0.2, 0.25) is 0 Å². The number of piperazine rings is 1. The van der Waals surface area contributed by atoms with E-state index in [1.54, 1.807) is 6.92 Å². The first-order valence-electron chi connectivity index (χ1n) is 6.24. The second-order valence-corrected chi connectivity index (χ2v) is 4.21. The Hall–Kier alpha value is -1.62. The van der Waals surface area contributed by atoms with Crippen LogP contribution in [0, 0.1) is 13.1 Å². The molecule has 1 aliphatic rings. The van der Waals surface area contributed by atoms with Gasteiger partial charge in [0.1, 0.15) is 6.20 Å². The lowest BCUT2D eigenvalue weighted by molar-refractivity contribution is 0.0525. The molecule has 0 bridgehead atoms. The van der Waals surface area contributed by atoms with E-state index in [9.17, 15) is 4.79 Å². The number of ether oxygens (including phenoxy) is 1. The van der Waals surface area contributed by atoms with Crippen LogP contribution in [0.3, 0.4) is 0 Å². The molecule has 0 atom stereocenters. The zero-order valence-electron chi connectivity index (χ0n) is 10.8. The van der Waals surface area contributed by atoms with E-state index < -0.39 is 0 Å². The third kappa shape index (κ3) is 2.61. The highest BCUT2D eigenvalue weighted by atomic mass is 16.5. The van der Waals surface area contributed by atoms with E-state index in [4.69, 9.17) is 4.74 Å². The average Bonchev–Trinajstić information content (AvgIpc) is 2.40. The van der Waals surface area contributed by atoms with E-state index in [0.29, 0.717) is 12.2 Å². The number of carbonyl (C=O) groups excluding carboxylic acids is 1. The van der Waals surface area contributed by atoms with Crippen LogP contribution in [-0.4, -0.2) is 43.7 Å². The second-order valence-electron chi connectivity index (χ2n) is 4.21. The molecule has 0 aromatic carbocycles. The molecule has 0 aliphatic carbocycles. The van der Waals surface area contributed by atoms with Crippen molar-refractivity contribution in [1.29, 1.82) is 0 Å². The summed E-state index contributed by atoms with van der Waals surface area (Å²) in [6.45, 7) is 7.79. The van der Waals surface area contributed by atoms with Crippen LogP contribution in [0.25, 0.3) is 0 Å². The van der Waals surface area contributed by atoms with E-state index in [-0.39, 0.29) is 5.97 Å². The number of nitrogens with zero attached hydrogens (tertiary/aromatic N) is 2. The Balaban J connectivity index is 2.26. The van der Waals surface area contributed by atoms with E-state index in [2.05, 4.69) is 21.4 Å². The highest BCUT2D eigenvalue weighted by Gasteiger charge is 2.18. The number of carbonyl (C=O) groups is 1. The Morgan fingerprint density at radius 3 is 2.94 bits per heavy atom. The summed E-state index contributed by atoms with van der Waals surface area (Å²) in [6, 6.07) is 0. The maximum Gasteiger partial charge on any atom is 0.340 e. The summed E-state index contributed by atoms with van der Waals surface area (Å²) in [4.78, 5) is 18.0. The van der Waals surface area contributed by atoms with Crippen molar-refractivity contribution in [3.05, 3.63) is 23.5 Å². The fourth-order valence-electron chi connectivity index (χ4n) is 2.08. The van der Waals surface area contributed by atoms with Gasteiger partial charge >= 0.3 is 5.97 Å². The van der Waals surface area contributed by atoms with Gasteiger partial charge in [0.25, 0.3) is 0 Å². The minimum Gasteiger partial charge on any atom is -0.462 e. The average molecular weight is 248 g/mol. The number of pyridine rings is 1. The van der Waals surface area contributed by atoms with Gasteiger partial charge in [0, 0.05) is 32.4 Å². The molecule has 2 heterocycles. The summed E-state index contributed by atoms with van der Waals surface area (Å²) in [5.74, 6) is -0.312. The first-order valence-corrected chi connectivity index (χ1v) is 6.24. The summed E-state index contributed by atoms with van der Waals surface area (Å²) in [5.41, 5.74) is 2.33. The zero-order valence-corrected chi connectivity index (χ0v) is 10.8. The van der Waals surface area contributed by atoms with E-state index in [0.717, 1.165) is 37.4 Å². The molecule has 0 amide bonds. The molecule has 1 saturated heterocycles. The number of hydrogen-bond acceptors (Lipinski definition) is 5. The van der Waals surface area contributed by atoms with Crippen molar-refractivity contribution in [2.75, 3.05) is 37.7 Å². The van der Waals surface area contributed by atoms with E-state index in [1.807, 2.05) is 6.92 Å². The second kappa shape index (κ2) is 5.82. The van der Waals surface area contributed by atoms with Gasteiger partial charge in [-0.3, -0.25) is 4.98 Å². The number of nitrogens with one attached hydrogen (secondary N) is 1. The molecular weight excluding hydrogens is 230 g/mol. The van der Waals surface area contributed by atoms with Crippen LogP contribution in [0.1, 0.15) is 22.8 Å². The van der Waals surface area contributed by atoms with Crippen LogP contribution in [0.4, 0.5) is 5.69 Å². The minimum absolute atomic E-state index is 0.312. The predicted octanol–water partition coefficient (Wildman–Crippen LogP) is 0.777. The van der Waals surface area contributed by atoms with E-state index in [1.165, 1.54) is 6.20 Å². The third-order valence-electron chi connectivity index (χ3n) is 3.05. The molecule has 18 heavy (non-hydrogen) atoms. The van der Waals surface area contributed by atoms with Crippen LogP contribution >= 0.6 is 0 Å². The lowest BCUT2D eigenvalue weighted by Gasteiger charge is -2.30. The molecule has 1 fully saturated rings. The quantitative estimate of drug-likeness (QED) is 0.801. The summed E-state index contributed by atoms with van der Waals surface area (Å²) < 4.78 is 5.03. The molecule has 1 aliphatic heterocycles. The van der Waals surface area contributed by atoms with Crippen LogP contribution < -0.4 is 10.2 Å². The van der Waals surface area contributed by atoms with Gasteiger partial charge in [-0.25, -0.2) is 4.79 Å². The summed E-state index contributed by atoms with van der Waals surface area (Å²) in [6.07, 6.45) is 4.51. The molecule has 2 rings (SSSR count). The predicted molar refractivity (Wildman–Crippen MR) is 68.8 cm³/mol. The fraction of sp³-hybridized carbons (Fsp3) is 0.538. The van der Waals surface area contributed by atoms with Crippen molar-refractivity contribution in [3.8, 4) is 0 Å². The molecule has 5 nitrogen and oxygen atoms in total. The maximum absolute atomic E-state index is 11.8. The van der Waals surface area contributed by atoms with Crippen molar-refractivity contribution in [3.63, 3.8) is 0 Å². The molecule has 1 aromatic heterocycles. The lowest BCUT2D eigenvalue weighted by Crippen LogP contribution is -2.44. The van der Waals surface area contributed by atoms with Crippen molar-refractivity contribution in [1.82, 2.24) is 10.3 Å². The highest BCUT2D eigenvalue weighted by molar-refractivity contribution is 5.92. The van der Waals surface area contributed by atoms with Crippen molar-refractivity contribution in [2.24, 2.45) is 0 Å². The van der Waals surface area contributed by atoms with Crippen molar-refractivity contribution < 1.29 is 9.53 Å². The summed E-state index contributed by atoms with van der Waals surface area (Å²) >= 11 is 0. The fourth-order valence-corrected chi connectivity index (χ4v) is 2.08. The first kappa shape index (κ1) is 12.8. The molecule has 0 saturated carbocycles. The number of esters is 1. The smallest absolute Gasteiger partial charge is 0.340 e. The van der Waals surface area contributed by atoms with Gasteiger partial charge in [-0.15, -0.1) is 0 Å².